The number of anilines is 2. The molecule has 2 N–H and O–H groups in total. The normalized spacial score (nSPS) is 13.5. The van der Waals surface area contributed by atoms with Crippen molar-refractivity contribution in [3.8, 4) is 22.3 Å². The molecule has 6 rings (SSSR count). The summed E-state index contributed by atoms with van der Waals surface area (Å²) in [5.74, 6) is -0.584. The van der Waals surface area contributed by atoms with Gasteiger partial charge in [-0.15, -0.1) is 0 Å². The summed E-state index contributed by atoms with van der Waals surface area (Å²) in [5.41, 5.74) is 7.48. The molecule has 1 aliphatic heterocycles. The summed E-state index contributed by atoms with van der Waals surface area (Å²) in [5, 5.41) is 11.0. The first-order chi connectivity index (χ1) is 19.1. The number of H-pyrrole nitrogens is 1. The molecule has 0 radical (unpaired) electrons. The Morgan fingerprint density at radius 1 is 1.00 bits per heavy atom. The second-order valence-corrected chi connectivity index (χ2v) is 9.55. The van der Waals surface area contributed by atoms with E-state index in [2.05, 4.69) is 31.5 Å². The minimum absolute atomic E-state index is 0.277. The third-order valence-electron chi connectivity index (χ3n) is 7.09. The van der Waals surface area contributed by atoms with Crippen molar-refractivity contribution in [1.29, 1.82) is 0 Å². The highest BCUT2D eigenvalue weighted by Gasteiger charge is 2.17. The molecule has 0 bridgehead atoms. The first-order valence-corrected chi connectivity index (χ1v) is 13.1. The van der Waals surface area contributed by atoms with Crippen LogP contribution in [-0.2, 0) is 11.2 Å². The lowest BCUT2D eigenvalue weighted by molar-refractivity contribution is 0.102. The van der Waals surface area contributed by atoms with E-state index in [1.807, 2.05) is 61.8 Å². The molecule has 1 amide bonds. The first-order valence-electron chi connectivity index (χ1n) is 13.1. The molecule has 1 saturated heterocycles. The van der Waals surface area contributed by atoms with Gasteiger partial charge in [-0.05, 0) is 71.1 Å². The van der Waals surface area contributed by atoms with Gasteiger partial charge in [-0.2, -0.15) is 5.10 Å². The number of benzene rings is 3. The summed E-state index contributed by atoms with van der Waals surface area (Å²) in [7, 11) is 0. The maximum absolute atomic E-state index is 13.8. The lowest BCUT2D eigenvalue weighted by Gasteiger charge is -2.28. The van der Waals surface area contributed by atoms with Gasteiger partial charge < -0.3 is 15.0 Å². The molecule has 39 heavy (non-hydrogen) atoms. The van der Waals surface area contributed by atoms with Gasteiger partial charge in [0, 0.05) is 35.9 Å². The fraction of sp³-hybridized carbons (Fsp3) is 0.194. The summed E-state index contributed by atoms with van der Waals surface area (Å²) < 4.78 is 19.3. The average Bonchev–Trinajstić information content (AvgIpc) is 3.41. The molecule has 7 nitrogen and oxygen atoms in total. The third kappa shape index (κ3) is 5.11. The van der Waals surface area contributed by atoms with Crippen molar-refractivity contribution in [2.75, 3.05) is 36.5 Å². The number of ether oxygens (including phenoxy) is 1. The Bertz CT molecular complexity index is 1660. The molecular formula is C31H28FN5O2. The Kier molecular flexibility index (Phi) is 6.77. The van der Waals surface area contributed by atoms with Crippen LogP contribution in [0.15, 0.2) is 79.1 Å². The predicted octanol–water partition coefficient (Wildman–Crippen LogP) is 6.08. The summed E-state index contributed by atoms with van der Waals surface area (Å²) in [4.78, 5) is 20.0. The van der Waals surface area contributed by atoms with Gasteiger partial charge in [0.1, 0.15) is 5.82 Å². The van der Waals surface area contributed by atoms with Crippen LogP contribution in [0.5, 0.6) is 0 Å². The van der Waals surface area contributed by atoms with E-state index in [4.69, 9.17) is 4.74 Å². The Morgan fingerprint density at radius 2 is 1.87 bits per heavy atom. The Morgan fingerprint density at radius 3 is 2.69 bits per heavy atom. The number of carbonyl (C=O) groups is 1. The van der Waals surface area contributed by atoms with E-state index in [1.165, 1.54) is 12.1 Å². The summed E-state index contributed by atoms with van der Waals surface area (Å²) in [6, 6.07) is 20.2. The molecule has 2 aromatic heterocycles. The number of hydrogen-bond acceptors (Lipinski definition) is 5. The van der Waals surface area contributed by atoms with Gasteiger partial charge >= 0.3 is 0 Å². The molecule has 0 aliphatic carbocycles. The molecule has 3 aromatic carbocycles. The van der Waals surface area contributed by atoms with E-state index >= 15 is 0 Å². The number of halogens is 1. The number of fused-ring (bicyclic) bond motifs is 1. The molecule has 0 unspecified atom stereocenters. The number of rotatable bonds is 6. The van der Waals surface area contributed by atoms with E-state index < -0.39 is 0 Å². The monoisotopic (exact) mass is 521 g/mol. The number of hydrogen-bond donors (Lipinski definition) is 2. The van der Waals surface area contributed by atoms with E-state index in [9.17, 15) is 9.18 Å². The fourth-order valence-corrected chi connectivity index (χ4v) is 5.04. The number of nitrogens with one attached hydrogen (secondary N) is 2. The van der Waals surface area contributed by atoms with E-state index in [1.54, 1.807) is 6.07 Å². The van der Waals surface area contributed by atoms with Crippen molar-refractivity contribution in [1.82, 2.24) is 15.2 Å². The first kappa shape index (κ1) is 24.8. The van der Waals surface area contributed by atoms with Gasteiger partial charge in [0.2, 0.25) is 0 Å². The maximum Gasteiger partial charge on any atom is 0.276 e. The van der Waals surface area contributed by atoms with Gasteiger partial charge in [0.25, 0.3) is 5.91 Å². The number of pyridine rings is 1. The molecule has 196 valence electrons. The highest BCUT2D eigenvalue weighted by Crippen LogP contribution is 2.30. The smallest absolute Gasteiger partial charge is 0.276 e. The van der Waals surface area contributed by atoms with E-state index in [0.29, 0.717) is 24.6 Å². The van der Waals surface area contributed by atoms with Gasteiger partial charge in [-0.25, -0.2) is 4.39 Å². The van der Waals surface area contributed by atoms with Crippen LogP contribution in [0.4, 0.5) is 15.8 Å². The van der Waals surface area contributed by atoms with Gasteiger partial charge in [0.05, 0.1) is 30.6 Å². The number of nitrogens with zero attached hydrogens (tertiary/aromatic N) is 3. The molecule has 0 atom stereocenters. The van der Waals surface area contributed by atoms with Crippen molar-refractivity contribution in [3.63, 3.8) is 0 Å². The van der Waals surface area contributed by atoms with Crippen molar-refractivity contribution in [2.45, 2.75) is 13.3 Å². The SMILES string of the molecule is CCc1cc(NC(=O)c2n[nH]c3ccc(-c4cncc(N5CCOCC5)c4)cc23)ccc1-c1cccc(F)c1. The fourth-order valence-electron chi connectivity index (χ4n) is 5.04. The molecule has 1 fully saturated rings. The summed E-state index contributed by atoms with van der Waals surface area (Å²) in [6.45, 7) is 5.11. The number of amides is 1. The number of aromatic nitrogens is 3. The second kappa shape index (κ2) is 10.7. The van der Waals surface area contributed by atoms with Crippen molar-refractivity contribution >= 4 is 28.2 Å². The van der Waals surface area contributed by atoms with Crippen LogP contribution < -0.4 is 10.2 Å². The summed E-state index contributed by atoms with van der Waals surface area (Å²) >= 11 is 0. The molecular weight excluding hydrogens is 493 g/mol. The van der Waals surface area contributed by atoms with Crippen LogP contribution in [0.1, 0.15) is 23.0 Å². The van der Waals surface area contributed by atoms with Crippen molar-refractivity contribution in [3.05, 3.63) is 96.2 Å². The number of aryl methyl sites for hydroxylation is 1. The largest absolute Gasteiger partial charge is 0.378 e. The van der Waals surface area contributed by atoms with Crippen LogP contribution in [-0.4, -0.2) is 47.4 Å². The number of aromatic amines is 1. The minimum atomic E-state index is -0.306. The molecule has 8 heteroatoms. The quantitative estimate of drug-likeness (QED) is 0.283. The zero-order valence-corrected chi connectivity index (χ0v) is 21.6. The van der Waals surface area contributed by atoms with Crippen LogP contribution in [0.3, 0.4) is 0 Å². The average molecular weight is 522 g/mol. The van der Waals surface area contributed by atoms with Gasteiger partial charge in [0.15, 0.2) is 5.69 Å². The van der Waals surface area contributed by atoms with Crippen LogP contribution in [0.25, 0.3) is 33.2 Å². The topological polar surface area (TPSA) is 83.1 Å². The summed E-state index contributed by atoms with van der Waals surface area (Å²) in [6.07, 6.45) is 4.44. The maximum atomic E-state index is 13.8. The van der Waals surface area contributed by atoms with Crippen molar-refractivity contribution < 1.29 is 13.9 Å². The van der Waals surface area contributed by atoms with E-state index in [-0.39, 0.29) is 11.7 Å². The number of morpholine rings is 1. The highest BCUT2D eigenvalue weighted by molar-refractivity contribution is 6.11. The van der Waals surface area contributed by atoms with Gasteiger partial charge in [-0.1, -0.05) is 31.2 Å². The zero-order chi connectivity index (χ0) is 26.8. The second-order valence-electron chi connectivity index (χ2n) is 9.55. The van der Waals surface area contributed by atoms with Crippen LogP contribution in [0, 0.1) is 5.82 Å². The molecule has 3 heterocycles. The highest BCUT2D eigenvalue weighted by atomic mass is 19.1. The van der Waals surface area contributed by atoms with Crippen LogP contribution in [0.2, 0.25) is 0 Å². The molecule has 1 aliphatic rings. The Hall–Kier alpha value is -4.56. The Labute approximate surface area is 225 Å². The van der Waals surface area contributed by atoms with Gasteiger partial charge in [-0.3, -0.25) is 14.9 Å². The third-order valence-corrected chi connectivity index (χ3v) is 7.09. The lowest BCUT2D eigenvalue weighted by Crippen LogP contribution is -2.36. The lowest BCUT2D eigenvalue weighted by atomic mass is 9.97. The van der Waals surface area contributed by atoms with Crippen LogP contribution >= 0.6 is 0 Å². The zero-order valence-electron chi connectivity index (χ0n) is 21.6. The van der Waals surface area contributed by atoms with Crippen molar-refractivity contribution in [2.24, 2.45) is 0 Å². The molecule has 0 spiro atoms. The Balaban J connectivity index is 1.27. The molecule has 0 saturated carbocycles. The standard InChI is InChI=1S/C31H28FN5O2/c1-2-20-15-25(7-8-27(20)22-4-3-5-24(32)14-22)34-31(38)30-28-17-21(6-9-29(28)35-36-30)23-16-26(19-33-18-23)37-10-12-39-13-11-37/h3-9,14-19H,2,10-13H2,1H3,(H,34,38)(H,35,36). The predicted molar refractivity (Wildman–Crippen MR) is 152 cm³/mol. The van der Waals surface area contributed by atoms with E-state index in [0.717, 1.165) is 63.9 Å². The minimum Gasteiger partial charge on any atom is -0.378 e. The molecule has 5 aromatic rings. The number of carbonyl (C=O) groups excluding carboxylic acids is 1.